The van der Waals surface area contributed by atoms with Crippen molar-refractivity contribution in [3.63, 3.8) is 0 Å². The molecule has 8 nitrogen and oxygen atoms in total. The number of carbonyl (C=O) groups is 1. The first kappa shape index (κ1) is 21.6. The average Bonchev–Trinajstić information content (AvgIpc) is 2.74. The average molecular weight is 448 g/mol. The van der Waals surface area contributed by atoms with Gasteiger partial charge in [-0.15, -0.1) is 11.8 Å². The van der Waals surface area contributed by atoms with Crippen molar-refractivity contribution in [2.75, 3.05) is 24.7 Å². The molecule has 0 saturated carbocycles. The molecular formula is C20H18NO7S2-. The highest BCUT2D eigenvalue weighted by atomic mass is 32.2. The fourth-order valence-electron chi connectivity index (χ4n) is 2.86. The van der Waals surface area contributed by atoms with Crippen molar-refractivity contribution in [3.8, 4) is 17.2 Å². The van der Waals surface area contributed by atoms with E-state index >= 15 is 0 Å². The van der Waals surface area contributed by atoms with E-state index in [-0.39, 0.29) is 27.0 Å². The quantitative estimate of drug-likeness (QED) is 0.397. The fourth-order valence-corrected chi connectivity index (χ4v) is 4.84. The summed E-state index contributed by atoms with van der Waals surface area (Å²) >= 11 is 0.828. The van der Waals surface area contributed by atoms with E-state index in [0.717, 1.165) is 11.8 Å². The first-order chi connectivity index (χ1) is 14.3. The van der Waals surface area contributed by atoms with Crippen LogP contribution >= 0.6 is 11.8 Å². The number of anilines is 1. The molecule has 158 valence electrons. The van der Waals surface area contributed by atoms with Crippen molar-refractivity contribution in [2.45, 2.75) is 9.79 Å². The van der Waals surface area contributed by atoms with Crippen LogP contribution in [0.2, 0.25) is 0 Å². The Labute approximate surface area is 177 Å². The topological polar surface area (TPSA) is 125 Å². The molecule has 0 unspecified atom stereocenters. The van der Waals surface area contributed by atoms with E-state index in [1.807, 2.05) is 0 Å². The molecule has 0 bridgehead atoms. The number of benzene rings is 3. The summed E-state index contributed by atoms with van der Waals surface area (Å²) in [6.45, 7) is 0. The molecule has 0 fully saturated rings. The third-order valence-corrected chi connectivity index (χ3v) is 6.62. The van der Waals surface area contributed by atoms with Crippen molar-refractivity contribution >= 4 is 44.2 Å². The molecule has 0 radical (unpaired) electrons. The number of hydrogen-bond donors (Lipinski definition) is 2. The number of aliphatic carboxylic acids is 1. The zero-order valence-electron chi connectivity index (χ0n) is 16.0. The predicted octanol–water partition coefficient (Wildman–Crippen LogP) is 2.21. The number of ether oxygens (including phenoxy) is 2. The van der Waals surface area contributed by atoms with Gasteiger partial charge in [0.25, 0.3) is 10.0 Å². The van der Waals surface area contributed by atoms with E-state index in [9.17, 15) is 23.4 Å². The van der Waals surface area contributed by atoms with Gasteiger partial charge < -0.3 is 24.5 Å². The van der Waals surface area contributed by atoms with E-state index in [0.29, 0.717) is 16.5 Å². The number of carboxylic acids is 1. The number of carboxylic acid groups (broad SMARTS) is 1. The second-order valence-corrected chi connectivity index (χ2v) is 8.77. The molecule has 0 atom stereocenters. The van der Waals surface area contributed by atoms with Crippen LogP contribution in [0.25, 0.3) is 10.8 Å². The number of hydrogen-bond acceptors (Lipinski definition) is 8. The lowest BCUT2D eigenvalue weighted by atomic mass is 10.1. The molecule has 0 amide bonds. The molecule has 0 saturated heterocycles. The SMILES string of the molecule is COc1ccc(OC)c(S(=O)(=O)Nc2cc(SCC(=O)[O-])c(O)c3ccccc23)c1. The molecule has 2 N–H and O–H groups in total. The van der Waals surface area contributed by atoms with E-state index in [4.69, 9.17) is 9.47 Å². The largest absolute Gasteiger partial charge is 0.549 e. The number of rotatable bonds is 8. The third-order valence-electron chi connectivity index (χ3n) is 4.23. The summed E-state index contributed by atoms with van der Waals surface area (Å²) in [4.78, 5) is 10.9. The van der Waals surface area contributed by atoms with Crippen molar-refractivity contribution in [2.24, 2.45) is 0 Å². The maximum atomic E-state index is 13.1. The summed E-state index contributed by atoms with van der Waals surface area (Å²) in [5, 5.41) is 22.1. The van der Waals surface area contributed by atoms with Gasteiger partial charge in [0.05, 0.1) is 30.8 Å². The van der Waals surface area contributed by atoms with Gasteiger partial charge in [-0.1, -0.05) is 24.3 Å². The normalized spacial score (nSPS) is 11.3. The van der Waals surface area contributed by atoms with Gasteiger partial charge in [-0.3, -0.25) is 4.72 Å². The van der Waals surface area contributed by atoms with Gasteiger partial charge in [0.15, 0.2) is 0 Å². The van der Waals surface area contributed by atoms with Crippen LogP contribution in [0.4, 0.5) is 5.69 Å². The first-order valence-corrected chi connectivity index (χ1v) is 11.1. The van der Waals surface area contributed by atoms with Gasteiger partial charge in [0.1, 0.15) is 22.1 Å². The van der Waals surface area contributed by atoms with Gasteiger partial charge in [-0.05, 0) is 18.2 Å². The maximum absolute atomic E-state index is 13.1. The van der Waals surface area contributed by atoms with E-state index in [1.54, 1.807) is 30.3 Å². The van der Waals surface area contributed by atoms with E-state index in [2.05, 4.69) is 4.72 Å². The lowest BCUT2D eigenvalue weighted by molar-refractivity contribution is -0.301. The van der Waals surface area contributed by atoms with Crippen LogP contribution in [-0.4, -0.2) is 39.5 Å². The summed E-state index contributed by atoms with van der Waals surface area (Å²) in [6, 6.07) is 12.4. The summed E-state index contributed by atoms with van der Waals surface area (Å²) in [5.41, 5.74) is 0.175. The zero-order chi connectivity index (χ0) is 21.9. The molecule has 10 heteroatoms. The molecule has 30 heavy (non-hydrogen) atoms. The van der Waals surface area contributed by atoms with Crippen molar-refractivity contribution < 1.29 is 32.9 Å². The van der Waals surface area contributed by atoms with Gasteiger partial charge in [0.2, 0.25) is 0 Å². The van der Waals surface area contributed by atoms with Gasteiger partial charge in [0, 0.05) is 22.6 Å². The van der Waals surface area contributed by atoms with Crippen LogP contribution in [0, 0.1) is 0 Å². The molecule has 0 heterocycles. The first-order valence-electron chi connectivity index (χ1n) is 8.59. The molecule has 3 aromatic rings. The predicted molar refractivity (Wildman–Crippen MR) is 112 cm³/mol. The second-order valence-electron chi connectivity index (χ2n) is 6.10. The monoisotopic (exact) mass is 448 g/mol. The minimum Gasteiger partial charge on any atom is -0.549 e. The summed E-state index contributed by atoms with van der Waals surface area (Å²) in [7, 11) is -1.35. The summed E-state index contributed by atoms with van der Waals surface area (Å²) in [6.07, 6.45) is 0. The Bertz CT molecular complexity index is 1210. The lowest BCUT2D eigenvalue weighted by Gasteiger charge is -2.16. The van der Waals surface area contributed by atoms with Crippen molar-refractivity contribution in [1.29, 1.82) is 0 Å². The molecule has 3 aromatic carbocycles. The Morgan fingerprint density at radius 1 is 1.10 bits per heavy atom. The van der Waals surface area contributed by atoms with Crippen LogP contribution in [0.1, 0.15) is 0 Å². The molecule has 0 aliphatic heterocycles. The van der Waals surface area contributed by atoms with Gasteiger partial charge >= 0.3 is 0 Å². The third kappa shape index (κ3) is 4.39. The van der Waals surface area contributed by atoms with Crippen molar-refractivity contribution in [1.82, 2.24) is 0 Å². The molecule has 0 aliphatic rings. The lowest BCUT2D eigenvalue weighted by Crippen LogP contribution is -2.24. The fraction of sp³-hybridized carbons (Fsp3) is 0.150. The highest BCUT2D eigenvalue weighted by Gasteiger charge is 2.23. The van der Waals surface area contributed by atoms with Crippen LogP contribution in [0.5, 0.6) is 17.2 Å². The maximum Gasteiger partial charge on any atom is 0.265 e. The van der Waals surface area contributed by atoms with Crippen molar-refractivity contribution in [3.05, 3.63) is 48.5 Å². The number of methoxy groups -OCH3 is 2. The molecule has 3 rings (SSSR count). The van der Waals surface area contributed by atoms with E-state index < -0.39 is 21.7 Å². The second kappa shape index (κ2) is 8.72. The number of sulfonamides is 1. The Morgan fingerprint density at radius 2 is 1.80 bits per heavy atom. The molecule has 0 aliphatic carbocycles. The minimum absolute atomic E-state index is 0.123. The number of aromatic hydroxyl groups is 1. The van der Waals surface area contributed by atoms with E-state index in [1.165, 1.54) is 32.4 Å². The van der Waals surface area contributed by atoms with Crippen LogP contribution in [-0.2, 0) is 14.8 Å². The van der Waals surface area contributed by atoms with Crippen LogP contribution < -0.4 is 19.3 Å². The highest BCUT2D eigenvalue weighted by molar-refractivity contribution is 8.00. The smallest absolute Gasteiger partial charge is 0.265 e. The van der Waals surface area contributed by atoms with Gasteiger partial charge in [-0.25, -0.2) is 8.42 Å². The Balaban J connectivity index is 2.13. The minimum atomic E-state index is -4.12. The highest BCUT2D eigenvalue weighted by Crippen LogP contribution is 2.41. The molecule has 0 spiro atoms. The molecule has 0 aromatic heterocycles. The standard InChI is InChI=1S/C20H19NO7S2/c1-27-12-7-8-16(28-2)18(9-12)30(25,26)21-15-10-17(29-11-19(22)23)20(24)14-6-4-3-5-13(14)15/h3-10,21,24H,11H2,1-2H3,(H,22,23)/p-1. The summed E-state index contributed by atoms with van der Waals surface area (Å²) < 4.78 is 39.1. The molecular weight excluding hydrogens is 430 g/mol. The van der Waals surface area contributed by atoms with Crippen LogP contribution in [0.3, 0.4) is 0 Å². The number of phenols is 1. The number of carbonyl (C=O) groups excluding carboxylic acids is 1. The Morgan fingerprint density at radius 3 is 2.43 bits per heavy atom. The Hall–Kier alpha value is -3.11. The number of fused-ring (bicyclic) bond motifs is 1. The zero-order valence-corrected chi connectivity index (χ0v) is 17.7. The number of thioether (sulfide) groups is 1. The number of nitrogens with one attached hydrogen (secondary N) is 1. The number of phenolic OH excluding ortho intramolecular Hbond substituents is 1. The van der Waals surface area contributed by atoms with Crippen LogP contribution in [0.15, 0.2) is 58.3 Å². The Kier molecular flexibility index (Phi) is 6.28. The summed E-state index contributed by atoms with van der Waals surface area (Å²) in [5.74, 6) is -1.40. The van der Waals surface area contributed by atoms with Gasteiger partial charge in [-0.2, -0.15) is 0 Å².